The predicted molar refractivity (Wildman–Crippen MR) is 145 cm³/mol. The maximum atomic E-state index is 13.8. The second-order valence-corrected chi connectivity index (χ2v) is 10.1. The highest BCUT2D eigenvalue weighted by Gasteiger charge is 2.27. The summed E-state index contributed by atoms with van der Waals surface area (Å²) in [6.07, 6.45) is 2.91. The molecule has 4 aromatic rings. The molecule has 37 heavy (non-hydrogen) atoms. The van der Waals surface area contributed by atoms with Gasteiger partial charge in [0, 0.05) is 24.2 Å². The number of nitrogens with zero attached hydrogens (tertiary/aromatic N) is 4. The maximum Gasteiger partial charge on any atom is 0.332 e. The van der Waals surface area contributed by atoms with Crippen molar-refractivity contribution in [2.75, 3.05) is 5.32 Å². The lowest BCUT2D eigenvalue weighted by Gasteiger charge is -2.29. The number of anilines is 1. The Morgan fingerprint density at radius 2 is 1.78 bits per heavy atom. The van der Waals surface area contributed by atoms with E-state index in [1.165, 1.54) is 4.57 Å². The van der Waals surface area contributed by atoms with Crippen molar-refractivity contribution in [3.05, 3.63) is 91.6 Å². The number of nitrogens with two attached hydrogens (primary N) is 1. The second kappa shape index (κ2) is 10.5. The Balaban J connectivity index is 1.65. The third kappa shape index (κ3) is 4.94. The number of imidazole rings is 1. The van der Waals surface area contributed by atoms with Gasteiger partial charge in [-0.1, -0.05) is 73.0 Å². The summed E-state index contributed by atoms with van der Waals surface area (Å²) in [7, 11) is 1.58. The van der Waals surface area contributed by atoms with E-state index in [1.54, 1.807) is 41.9 Å². The van der Waals surface area contributed by atoms with Gasteiger partial charge in [-0.3, -0.25) is 18.5 Å². The monoisotopic (exact) mass is 522 g/mol. The number of rotatable bonds is 7. The Labute approximate surface area is 219 Å². The lowest BCUT2D eigenvalue weighted by atomic mass is 9.91. The fourth-order valence-corrected chi connectivity index (χ4v) is 5.25. The zero-order valence-electron chi connectivity index (χ0n) is 20.7. The van der Waals surface area contributed by atoms with Gasteiger partial charge in [-0.05, 0) is 30.0 Å². The zero-order valence-corrected chi connectivity index (χ0v) is 21.4. The number of halogens is 1. The number of nitrogens with one attached hydrogen (secondary N) is 1. The van der Waals surface area contributed by atoms with Gasteiger partial charge in [-0.15, -0.1) is 0 Å². The van der Waals surface area contributed by atoms with Crippen LogP contribution in [0.25, 0.3) is 11.2 Å². The molecule has 2 aromatic heterocycles. The Hall–Kier alpha value is -3.40. The second-order valence-electron chi connectivity index (χ2n) is 9.67. The van der Waals surface area contributed by atoms with Gasteiger partial charge in [0.25, 0.3) is 5.56 Å². The molecule has 1 saturated carbocycles. The normalized spacial score (nSPS) is 18.7. The molecule has 0 bridgehead atoms. The molecule has 2 heterocycles. The Morgan fingerprint density at radius 3 is 2.51 bits per heavy atom. The largest absolute Gasteiger partial charge is 0.387 e. The molecular formula is C27H31ClN6O3. The van der Waals surface area contributed by atoms with E-state index in [4.69, 9.17) is 22.3 Å². The predicted octanol–water partition coefficient (Wildman–Crippen LogP) is 3.01. The molecule has 10 heteroatoms. The van der Waals surface area contributed by atoms with Crippen LogP contribution < -0.4 is 22.3 Å². The summed E-state index contributed by atoms with van der Waals surface area (Å²) in [5, 5.41) is 14.8. The summed E-state index contributed by atoms with van der Waals surface area (Å²) >= 11 is 6.48. The van der Waals surface area contributed by atoms with Crippen molar-refractivity contribution < 1.29 is 5.11 Å². The van der Waals surface area contributed by atoms with E-state index < -0.39 is 17.4 Å². The van der Waals surface area contributed by atoms with Crippen molar-refractivity contribution in [2.24, 2.45) is 12.8 Å². The van der Waals surface area contributed by atoms with Crippen molar-refractivity contribution in [1.82, 2.24) is 18.7 Å². The highest BCUT2D eigenvalue weighted by atomic mass is 35.5. The summed E-state index contributed by atoms with van der Waals surface area (Å²) in [6.45, 7) is 0.0914. The molecule has 2 unspecified atom stereocenters. The van der Waals surface area contributed by atoms with Crippen LogP contribution >= 0.6 is 11.6 Å². The van der Waals surface area contributed by atoms with E-state index in [-0.39, 0.29) is 36.3 Å². The van der Waals surface area contributed by atoms with Crippen molar-refractivity contribution >= 4 is 28.7 Å². The van der Waals surface area contributed by atoms with E-state index in [2.05, 4.69) is 5.32 Å². The van der Waals surface area contributed by atoms with Crippen molar-refractivity contribution in [1.29, 1.82) is 0 Å². The van der Waals surface area contributed by atoms with E-state index in [0.29, 0.717) is 16.5 Å². The Kier molecular flexibility index (Phi) is 7.19. The number of aliphatic hydroxyl groups is 1. The lowest BCUT2D eigenvalue weighted by molar-refractivity contribution is 0.153. The Morgan fingerprint density at radius 1 is 1.08 bits per heavy atom. The summed E-state index contributed by atoms with van der Waals surface area (Å²) < 4.78 is 4.19. The van der Waals surface area contributed by atoms with Crippen LogP contribution in [0.1, 0.15) is 42.9 Å². The van der Waals surface area contributed by atoms with Crippen LogP contribution in [0.3, 0.4) is 0 Å². The van der Waals surface area contributed by atoms with Crippen LogP contribution in [0.15, 0.2) is 64.2 Å². The van der Waals surface area contributed by atoms with Crippen LogP contribution in [0.4, 0.5) is 5.95 Å². The zero-order chi connectivity index (χ0) is 26.1. The molecule has 1 aliphatic rings. The topological polar surface area (TPSA) is 120 Å². The molecule has 0 spiro atoms. The average Bonchev–Trinajstić information content (AvgIpc) is 3.26. The summed E-state index contributed by atoms with van der Waals surface area (Å²) in [5.41, 5.74) is 7.28. The first-order valence-corrected chi connectivity index (χ1v) is 12.9. The highest BCUT2D eigenvalue weighted by molar-refractivity contribution is 6.31. The first kappa shape index (κ1) is 25.3. The van der Waals surface area contributed by atoms with Gasteiger partial charge in [0.2, 0.25) is 5.95 Å². The molecule has 0 saturated heterocycles. The summed E-state index contributed by atoms with van der Waals surface area (Å²) in [5.74, 6) is 0.464. The highest BCUT2D eigenvalue weighted by Crippen LogP contribution is 2.25. The number of aryl methyl sites for hydroxylation is 1. The van der Waals surface area contributed by atoms with E-state index in [9.17, 15) is 14.7 Å². The van der Waals surface area contributed by atoms with Gasteiger partial charge < -0.3 is 16.2 Å². The number of aromatic nitrogens is 4. The number of hydrogen-bond donors (Lipinski definition) is 3. The first-order chi connectivity index (χ1) is 17.8. The maximum absolute atomic E-state index is 13.8. The third-order valence-electron chi connectivity index (χ3n) is 7.19. The van der Waals surface area contributed by atoms with E-state index in [0.717, 1.165) is 35.8 Å². The van der Waals surface area contributed by atoms with Gasteiger partial charge >= 0.3 is 5.69 Å². The molecule has 1 aliphatic carbocycles. The van der Waals surface area contributed by atoms with Gasteiger partial charge in [-0.2, -0.15) is 4.98 Å². The summed E-state index contributed by atoms with van der Waals surface area (Å²) in [6, 6.07) is 16.3. The summed E-state index contributed by atoms with van der Waals surface area (Å²) in [4.78, 5) is 31.8. The fourth-order valence-electron chi connectivity index (χ4n) is 5.05. The third-order valence-corrected chi connectivity index (χ3v) is 7.56. The molecule has 4 N–H and O–H groups in total. The van der Waals surface area contributed by atoms with E-state index >= 15 is 0 Å². The van der Waals surface area contributed by atoms with Gasteiger partial charge in [0.15, 0.2) is 11.2 Å². The average molecular weight is 523 g/mol. The van der Waals surface area contributed by atoms with Gasteiger partial charge in [-0.25, -0.2) is 4.79 Å². The van der Waals surface area contributed by atoms with Gasteiger partial charge in [0.05, 0.1) is 19.2 Å². The quantitative estimate of drug-likeness (QED) is 0.343. The minimum atomic E-state index is -1.03. The Bertz CT molecular complexity index is 1530. The van der Waals surface area contributed by atoms with Crippen LogP contribution in [-0.4, -0.2) is 35.9 Å². The minimum Gasteiger partial charge on any atom is -0.387 e. The molecule has 0 amide bonds. The molecule has 0 aliphatic heterocycles. The first-order valence-electron chi connectivity index (χ1n) is 12.5. The van der Waals surface area contributed by atoms with Crippen molar-refractivity contribution in [2.45, 2.75) is 57.0 Å². The smallest absolute Gasteiger partial charge is 0.332 e. The number of benzene rings is 2. The standard InChI is InChI=1S/C27H31ClN6O3/c1-32-24-23(25(36)34(27(32)37)16-22(35)17-9-3-2-4-10-17)33(15-18-11-5-6-12-19(18)28)26(31-24)30-21-14-8-7-13-20(21)29/h2-6,9-12,20-22,35H,7-8,13-16,29H2,1H3,(H,30,31)/t20-,21?,22?/m1/s1. The van der Waals surface area contributed by atoms with Crippen LogP contribution in [0.2, 0.25) is 5.02 Å². The SMILES string of the molecule is Cn1c(=O)n(CC(O)c2ccccc2)c(=O)c2c1nc(NC1CCCC[C@H]1N)n2Cc1ccccc1Cl. The number of fused-ring (bicyclic) bond motifs is 1. The number of hydrogen-bond acceptors (Lipinski definition) is 6. The lowest BCUT2D eigenvalue weighted by Crippen LogP contribution is -2.43. The van der Waals surface area contributed by atoms with Crippen molar-refractivity contribution in [3.63, 3.8) is 0 Å². The van der Waals surface area contributed by atoms with Gasteiger partial charge in [0.1, 0.15) is 0 Å². The molecule has 1 fully saturated rings. The fraction of sp³-hybridized carbons (Fsp3) is 0.370. The van der Waals surface area contributed by atoms with Crippen LogP contribution in [-0.2, 0) is 20.1 Å². The minimum absolute atomic E-state index is 0.00489. The molecule has 5 rings (SSSR count). The van der Waals surface area contributed by atoms with Crippen molar-refractivity contribution in [3.8, 4) is 0 Å². The van der Waals surface area contributed by atoms with Crippen LogP contribution in [0, 0.1) is 0 Å². The molecule has 194 valence electrons. The molecule has 3 atom stereocenters. The molecular weight excluding hydrogens is 492 g/mol. The van der Waals surface area contributed by atoms with E-state index in [1.807, 2.05) is 24.3 Å². The molecule has 0 radical (unpaired) electrons. The van der Waals surface area contributed by atoms with Crippen LogP contribution in [0.5, 0.6) is 0 Å². The molecule has 9 nitrogen and oxygen atoms in total. The molecule has 2 aromatic carbocycles. The number of aliphatic hydroxyl groups excluding tert-OH is 1.